The summed E-state index contributed by atoms with van der Waals surface area (Å²) in [7, 11) is 0. The Hall–Kier alpha value is -1.06. The van der Waals surface area contributed by atoms with Crippen molar-refractivity contribution in [3.05, 3.63) is 58.5 Å². The average molecular weight is 336 g/mol. The molecule has 108 valence electrons. The molecule has 0 amide bonds. The zero-order valence-corrected chi connectivity index (χ0v) is 13.9. The molecule has 2 nitrogen and oxygen atoms in total. The maximum atomic E-state index is 5.51. The minimum atomic E-state index is 0.118. The molecule has 0 saturated heterocycles. The van der Waals surface area contributed by atoms with Gasteiger partial charge in [0.15, 0.2) is 0 Å². The summed E-state index contributed by atoms with van der Waals surface area (Å²) in [5, 5.41) is 3.60. The molecule has 20 heavy (non-hydrogen) atoms. The fourth-order valence-electron chi connectivity index (χ4n) is 2.17. The molecule has 3 heteroatoms. The number of nitrogens with one attached hydrogen (secondary N) is 1. The zero-order chi connectivity index (χ0) is 14.6. The zero-order valence-electron chi connectivity index (χ0n) is 12.3. The second-order valence-electron chi connectivity index (χ2n) is 6.17. The molecule has 0 saturated carbocycles. The Morgan fingerprint density at radius 1 is 1.20 bits per heavy atom. The van der Waals surface area contributed by atoms with Crippen molar-refractivity contribution in [1.82, 2.24) is 5.32 Å². The predicted molar refractivity (Wildman–Crippen MR) is 87.1 cm³/mol. The maximum absolute atomic E-state index is 5.51. The number of rotatable bonds is 5. The standard InChI is InChI=1S/C17H22BrNO/c1-17(2,3)19-12-14(11-16-8-5-9-20-16)13-6-4-7-15(18)10-13/h4-10,14,19H,11-12H2,1-3H3. The van der Waals surface area contributed by atoms with Crippen LogP contribution >= 0.6 is 15.9 Å². The number of furan rings is 1. The first-order valence-corrected chi connectivity index (χ1v) is 7.76. The van der Waals surface area contributed by atoms with E-state index in [9.17, 15) is 0 Å². The minimum Gasteiger partial charge on any atom is -0.469 e. The summed E-state index contributed by atoms with van der Waals surface area (Å²) in [6, 6.07) is 12.5. The van der Waals surface area contributed by atoms with Gasteiger partial charge in [-0.3, -0.25) is 0 Å². The molecule has 0 aliphatic heterocycles. The fraction of sp³-hybridized carbons (Fsp3) is 0.412. The van der Waals surface area contributed by atoms with Crippen LogP contribution in [0.25, 0.3) is 0 Å². The van der Waals surface area contributed by atoms with Crippen molar-refractivity contribution in [3.63, 3.8) is 0 Å². The van der Waals surface area contributed by atoms with Crippen molar-refractivity contribution in [2.24, 2.45) is 0 Å². The van der Waals surface area contributed by atoms with Crippen molar-refractivity contribution in [1.29, 1.82) is 0 Å². The topological polar surface area (TPSA) is 25.2 Å². The lowest BCUT2D eigenvalue weighted by atomic mass is 9.93. The summed E-state index contributed by atoms with van der Waals surface area (Å²) in [6.07, 6.45) is 2.65. The van der Waals surface area contributed by atoms with Gasteiger partial charge < -0.3 is 9.73 Å². The molecule has 1 atom stereocenters. The number of halogens is 1. The highest BCUT2D eigenvalue weighted by atomic mass is 79.9. The Morgan fingerprint density at radius 3 is 2.60 bits per heavy atom. The first kappa shape index (κ1) is 15.3. The van der Waals surface area contributed by atoms with E-state index in [1.807, 2.05) is 12.1 Å². The van der Waals surface area contributed by atoms with E-state index in [-0.39, 0.29) is 5.54 Å². The van der Waals surface area contributed by atoms with Crippen LogP contribution in [0.2, 0.25) is 0 Å². The SMILES string of the molecule is CC(C)(C)NCC(Cc1ccco1)c1cccc(Br)c1. The predicted octanol–water partition coefficient (Wildman–Crippen LogP) is 4.76. The van der Waals surface area contributed by atoms with Gasteiger partial charge in [0, 0.05) is 28.9 Å². The van der Waals surface area contributed by atoms with Crippen LogP contribution in [0, 0.1) is 0 Å². The molecular formula is C17H22BrNO. The van der Waals surface area contributed by atoms with E-state index in [0.717, 1.165) is 23.2 Å². The minimum absolute atomic E-state index is 0.118. The lowest BCUT2D eigenvalue weighted by Crippen LogP contribution is -2.39. The lowest BCUT2D eigenvalue weighted by molar-refractivity contribution is 0.393. The fourth-order valence-corrected chi connectivity index (χ4v) is 2.59. The third-order valence-corrected chi connectivity index (χ3v) is 3.72. The summed E-state index contributed by atoms with van der Waals surface area (Å²) in [6.45, 7) is 7.51. The lowest BCUT2D eigenvalue weighted by Gasteiger charge is -2.25. The molecule has 1 aromatic carbocycles. The van der Waals surface area contributed by atoms with Crippen molar-refractivity contribution < 1.29 is 4.42 Å². The Bertz CT molecular complexity index is 528. The Kier molecular flexibility index (Phi) is 5.06. The molecule has 1 aromatic heterocycles. The molecule has 0 fully saturated rings. The Labute approximate surface area is 129 Å². The van der Waals surface area contributed by atoms with Crippen LogP contribution < -0.4 is 5.32 Å². The van der Waals surface area contributed by atoms with Crippen LogP contribution in [0.5, 0.6) is 0 Å². The molecule has 1 unspecified atom stereocenters. The summed E-state index contributed by atoms with van der Waals surface area (Å²) in [4.78, 5) is 0. The summed E-state index contributed by atoms with van der Waals surface area (Å²) >= 11 is 3.56. The van der Waals surface area contributed by atoms with Crippen molar-refractivity contribution >= 4 is 15.9 Å². The summed E-state index contributed by atoms with van der Waals surface area (Å²) in [5.41, 5.74) is 1.44. The molecule has 0 aliphatic rings. The average Bonchev–Trinajstić information content (AvgIpc) is 2.86. The van der Waals surface area contributed by atoms with E-state index < -0.39 is 0 Å². The number of benzene rings is 1. The second-order valence-corrected chi connectivity index (χ2v) is 7.08. The molecule has 0 spiro atoms. The molecule has 0 aliphatic carbocycles. The first-order valence-electron chi connectivity index (χ1n) is 6.97. The highest BCUT2D eigenvalue weighted by Gasteiger charge is 2.17. The normalized spacial score (nSPS) is 13.4. The van der Waals surface area contributed by atoms with E-state index in [0.29, 0.717) is 5.92 Å². The van der Waals surface area contributed by atoms with Gasteiger partial charge in [-0.15, -0.1) is 0 Å². The van der Waals surface area contributed by atoms with Crippen LogP contribution in [0.1, 0.15) is 38.0 Å². The van der Waals surface area contributed by atoms with Gasteiger partial charge in [-0.25, -0.2) is 0 Å². The van der Waals surface area contributed by atoms with Crippen LogP contribution in [0.4, 0.5) is 0 Å². The van der Waals surface area contributed by atoms with Crippen molar-refractivity contribution in [2.45, 2.75) is 38.6 Å². The second kappa shape index (κ2) is 6.59. The monoisotopic (exact) mass is 335 g/mol. The third-order valence-electron chi connectivity index (χ3n) is 3.23. The Morgan fingerprint density at radius 2 is 2.00 bits per heavy atom. The van der Waals surface area contributed by atoms with Crippen LogP contribution in [-0.2, 0) is 6.42 Å². The van der Waals surface area contributed by atoms with Crippen LogP contribution in [0.3, 0.4) is 0 Å². The smallest absolute Gasteiger partial charge is 0.104 e. The van der Waals surface area contributed by atoms with Gasteiger partial charge in [0.25, 0.3) is 0 Å². The maximum Gasteiger partial charge on any atom is 0.104 e. The molecule has 1 N–H and O–H groups in total. The largest absolute Gasteiger partial charge is 0.469 e. The van der Waals surface area contributed by atoms with E-state index in [2.05, 4.69) is 66.3 Å². The number of hydrogen-bond acceptors (Lipinski definition) is 2. The highest BCUT2D eigenvalue weighted by molar-refractivity contribution is 9.10. The van der Waals surface area contributed by atoms with Crippen molar-refractivity contribution in [2.75, 3.05) is 6.54 Å². The van der Waals surface area contributed by atoms with E-state index in [4.69, 9.17) is 4.42 Å². The van der Waals surface area contributed by atoms with Gasteiger partial charge in [0.05, 0.1) is 6.26 Å². The molecular weight excluding hydrogens is 314 g/mol. The van der Waals surface area contributed by atoms with E-state index >= 15 is 0 Å². The summed E-state index contributed by atoms with van der Waals surface area (Å²) in [5.74, 6) is 1.43. The van der Waals surface area contributed by atoms with Crippen LogP contribution in [-0.4, -0.2) is 12.1 Å². The third kappa shape index (κ3) is 4.80. The van der Waals surface area contributed by atoms with E-state index in [1.165, 1.54) is 5.56 Å². The molecule has 2 aromatic rings. The van der Waals surface area contributed by atoms with Crippen molar-refractivity contribution in [3.8, 4) is 0 Å². The number of hydrogen-bond donors (Lipinski definition) is 1. The molecule has 2 rings (SSSR count). The van der Waals surface area contributed by atoms with Crippen LogP contribution in [0.15, 0.2) is 51.6 Å². The first-order chi connectivity index (χ1) is 9.44. The van der Waals surface area contributed by atoms with Gasteiger partial charge in [0.1, 0.15) is 5.76 Å². The highest BCUT2D eigenvalue weighted by Crippen LogP contribution is 2.24. The molecule has 1 heterocycles. The van der Waals surface area contributed by atoms with E-state index in [1.54, 1.807) is 6.26 Å². The Balaban J connectivity index is 2.15. The van der Waals surface area contributed by atoms with Gasteiger partial charge in [-0.1, -0.05) is 28.1 Å². The van der Waals surface area contributed by atoms with Gasteiger partial charge in [-0.2, -0.15) is 0 Å². The molecule has 0 radical (unpaired) electrons. The summed E-state index contributed by atoms with van der Waals surface area (Å²) < 4.78 is 6.63. The van der Waals surface area contributed by atoms with Gasteiger partial charge in [-0.05, 0) is 50.6 Å². The quantitative estimate of drug-likeness (QED) is 0.852. The van der Waals surface area contributed by atoms with Gasteiger partial charge in [0.2, 0.25) is 0 Å². The molecule has 0 bridgehead atoms. The van der Waals surface area contributed by atoms with Gasteiger partial charge >= 0.3 is 0 Å².